The van der Waals surface area contributed by atoms with E-state index in [-0.39, 0.29) is 0 Å². The second-order valence-electron chi connectivity index (χ2n) is 7.20. The first-order valence-corrected chi connectivity index (χ1v) is 10.7. The quantitative estimate of drug-likeness (QED) is 0.379. The van der Waals surface area contributed by atoms with Gasteiger partial charge in [0.2, 0.25) is 0 Å². The van der Waals surface area contributed by atoms with Gasteiger partial charge in [-0.15, -0.1) is 0 Å². The van der Waals surface area contributed by atoms with E-state index in [4.69, 9.17) is 14.2 Å². The number of likely N-dealkylation sites (N-methyl/N-ethyl adjacent to an activating group) is 1. The fourth-order valence-electron chi connectivity index (χ4n) is 3.19. The van der Waals surface area contributed by atoms with Gasteiger partial charge < -0.3 is 19.1 Å². The maximum Gasteiger partial charge on any atom is 0.162 e. The fraction of sp³-hybridized carbons (Fsp3) is 0.280. The van der Waals surface area contributed by atoms with Crippen LogP contribution in [0.2, 0.25) is 0 Å². The average Bonchev–Trinajstić information content (AvgIpc) is 2.78. The normalized spacial score (nSPS) is 10.8. The van der Waals surface area contributed by atoms with E-state index in [2.05, 4.69) is 58.2 Å². The molecule has 0 saturated heterocycles. The molecule has 0 N–H and O–H groups in total. The van der Waals surface area contributed by atoms with Crippen LogP contribution in [0.3, 0.4) is 0 Å². The van der Waals surface area contributed by atoms with Gasteiger partial charge >= 0.3 is 0 Å². The third-order valence-electron chi connectivity index (χ3n) is 4.95. The second kappa shape index (κ2) is 11.0. The number of nitrogens with zero attached hydrogens (tertiary/aromatic N) is 1. The highest BCUT2D eigenvalue weighted by atomic mass is 79.9. The summed E-state index contributed by atoms with van der Waals surface area (Å²) in [5, 5.41) is 0. The van der Waals surface area contributed by atoms with Gasteiger partial charge in [-0.2, -0.15) is 0 Å². The van der Waals surface area contributed by atoms with Crippen molar-refractivity contribution in [3.8, 4) is 17.2 Å². The zero-order valence-corrected chi connectivity index (χ0v) is 19.3. The Morgan fingerprint density at radius 2 is 1.57 bits per heavy atom. The standard InChI is InChI=1S/C25H28BrNO3/c1-27(14-13-19-9-11-22(28-2)12-10-19)17-21-15-25(24(29-3)16-23(21)26)30-18-20-7-5-4-6-8-20/h4-12,15-16H,13-14,17-18H2,1-3H3. The summed E-state index contributed by atoms with van der Waals surface area (Å²) in [5.41, 5.74) is 3.58. The Kier molecular flexibility index (Phi) is 8.17. The first-order chi connectivity index (χ1) is 14.6. The Morgan fingerprint density at radius 1 is 0.833 bits per heavy atom. The highest BCUT2D eigenvalue weighted by Crippen LogP contribution is 2.34. The molecule has 5 heteroatoms. The Labute approximate surface area is 187 Å². The summed E-state index contributed by atoms with van der Waals surface area (Å²) in [7, 11) is 5.48. The molecule has 0 saturated carbocycles. The van der Waals surface area contributed by atoms with E-state index in [1.54, 1.807) is 14.2 Å². The second-order valence-corrected chi connectivity index (χ2v) is 8.06. The van der Waals surface area contributed by atoms with E-state index in [1.165, 1.54) is 5.56 Å². The molecule has 3 aromatic carbocycles. The molecular formula is C25H28BrNO3. The van der Waals surface area contributed by atoms with Crippen molar-refractivity contribution >= 4 is 15.9 Å². The molecule has 0 aliphatic carbocycles. The van der Waals surface area contributed by atoms with Gasteiger partial charge in [-0.25, -0.2) is 0 Å². The maximum absolute atomic E-state index is 6.07. The van der Waals surface area contributed by atoms with Crippen molar-refractivity contribution in [3.05, 3.63) is 87.9 Å². The number of rotatable bonds is 10. The van der Waals surface area contributed by atoms with Gasteiger partial charge in [-0.1, -0.05) is 58.4 Å². The maximum atomic E-state index is 6.07. The van der Waals surface area contributed by atoms with E-state index in [1.807, 2.05) is 36.4 Å². The van der Waals surface area contributed by atoms with Gasteiger partial charge in [0.05, 0.1) is 14.2 Å². The lowest BCUT2D eigenvalue weighted by atomic mass is 10.1. The van der Waals surface area contributed by atoms with Crippen molar-refractivity contribution in [2.75, 3.05) is 27.8 Å². The first kappa shape index (κ1) is 22.2. The average molecular weight is 470 g/mol. The van der Waals surface area contributed by atoms with Gasteiger partial charge in [0.15, 0.2) is 11.5 Å². The summed E-state index contributed by atoms with van der Waals surface area (Å²) in [6, 6.07) is 22.4. The summed E-state index contributed by atoms with van der Waals surface area (Å²) < 4.78 is 17.8. The van der Waals surface area contributed by atoms with Crippen molar-refractivity contribution in [3.63, 3.8) is 0 Å². The number of benzene rings is 3. The zero-order chi connectivity index (χ0) is 21.3. The lowest BCUT2D eigenvalue weighted by molar-refractivity contribution is 0.282. The summed E-state index contributed by atoms with van der Waals surface area (Å²) in [6.07, 6.45) is 0.978. The van der Waals surface area contributed by atoms with Crippen molar-refractivity contribution in [2.45, 2.75) is 19.6 Å². The number of ether oxygens (including phenoxy) is 3. The zero-order valence-electron chi connectivity index (χ0n) is 17.7. The fourth-order valence-corrected chi connectivity index (χ4v) is 3.64. The molecule has 0 fully saturated rings. The molecule has 0 unspecified atom stereocenters. The number of hydrogen-bond acceptors (Lipinski definition) is 4. The predicted molar refractivity (Wildman–Crippen MR) is 125 cm³/mol. The third kappa shape index (κ3) is 6.25. The van der Waals surface area contributed by atoms with Gasteiger partial charge in [0.1, 0.15) is 12.4 Å². The van der Waals surface area contributed by atoms with E-state index in [0.29, 0.717) is 6.61 Å². The molecule has 4 nitrogen and oxygen atoms in total. The van der Waals surface area contributed by atoms with Gasteiger partial charge in [-0.05, 0) is 54.4 Å². The topological polar surface area (TPSA) is 30.9 Å². The van der Waals surface area contributed by atoms with Crippen molar-refractivity contribution in [2.24, 2.45) is 0 Å². The number of methoxy groups -OCH3 is 2. The van der Waals surface area contributed by atoms with Gasteiger partial charge in [-0.3, -0.25) is 0 Å². The smallest absolute Gasteiger partial charge is 0.162 e. The lowest BCUT2D eigenvalue weighted by Crippen LogP contribution is -2.21. The van der Waals surface area contributed by atoms with E-state index in [0.717, 1.165) is 52.4 Å². The summed E-state index contributed by atoms with van der Waals surface area (Å²) in [5.74, 6) is 2.36. The molecule has 0 heterocycles. The molecule has 0 bridgehead atoms. The molecule has 0 spiro atoms. The van der Waals surface area contributed by atoms with Crippen LogP contribution in [-0.2, 0) is 19.6 Å². The monoisotopic (exact) mass is 469 g/mol. The molecule has 30 heavy (non-hydrogen) atoms. The Morgan fingerprint density at radius 3 is 2.23 bits per heavy atom. The minimum Gasteiger partial charge on any atom is -0.497 e. The molecule has 0 radical (unpaired) electrons. The van der Waals surface area contributed by atoms with Crippen LogP contribution < -0.4 is 14.2 Å². The molecule has 3 aromatic rings. The van der Waals surface area contributed by atoms with E-state index < -0.39 is 0 Å². The SMILES string of the molecule is COc1ccc(CCN(C)Cc2cc(OCc3ccccc3)c(OC)cc2Br)cc1. The highest BCUT2D eigenvalue weighted by Gasteiger charge is 2.12. The molecule has 0 amide bonds. The Balaban J connectivity index is 1.63. The predicted octanol–water partition coefficient (Wildman–Crippen LogP) is 5.72. The van der Waals surface area contributed by atoms with E-state index in [9.17, 15) is 0 Å². The van der Waals surface area contributed by atoms with Crippen LogP contribution in [-0.4, -0.2) is 32.7 Å². The summed E-state index contributed by atoms with van der Waals surface area (Å²) in [6.45, 7) is 2.26. The van der Waals surface area contributed by atoms with Crippen LogP contribution in [0.25, 0.3) is 0 Å². The summed E-state index contributed by atoms with van der Waals surface area (Å²) in [4.78, 5) is 2.30. The van der Waals surface area contributed by atoms with Crippen LogP contribution in [0.1, 0.15) is 16.7 Å². The molecule has 0 aliphatic rings. The van der Waals surface area contributed by atoms with Gasteiger partial charge in [0.25, 0.3) is 0 Å². The van der Waals surface area contributed by atoms with Crippen molar-refractivity contribution in [1.82, 2.24) is 4.90 Å². The van der Waals surface area contributed by atoms with Gasteiger partial charge in [0, 0.05) is 17.6 Å². The lowest BCUT2D eigenvalue weighted by Gasteiger charge is -2.20. The minimum absolute atomic E-state index is 0.506. The van der Waals surface area contributed by atoms with E-state index >= 15 is 0 Å². The van der Waals surface area contributed by atoms with Crippen LogP contribution in [0.4, 0.5) is 0 Å². The third-order valence-corrected chi connectivity index (χ3v) is 5.69. The Hall–Kier alpha value is -2.50. The Bertz CT molecular complexity index is 929. The van der Waals surface area contributed by atoms with Crippen molar-refractivity contribution in [1.29, 1.82) is 0 Å². The molecular weight excluding hydrogens is 442 g/mol. The largest absolute Gasteiger partial charge is 0.497 e. The summed E-state index contributed by atoms with van der Waals surface area (Å²) >= 11 is 3.68. The molecule has 0 aliphatic heterocycles. The first-order valence-electron chi connectivity index (χ1n) is 9.93. The molecule has 0 aromatic heterocycles. The molecule has 158 valence electrons. The molecule has 0 atom stereocenters. The van der Waals surface area contributed by atoms with Crippen molar-refractivity contribution < 1.29 is 14.2 Å². The van der Waals surface area contributed by atoms with Crippen LogP contribution in [0, 0.1) is 0 Å². The van der Waals surface area contributed by atoms with Crippen LogP contribution >= 0.6 is 15.9 Å². The molecule has 3 rings (SSSR count). The number of hydrogen-bond donors (Lipinski definition) is 0. The number of halogens is 1. The van der Waals surface area contributed by atoms with Crippen LogP contribution in [0.5, 0.6) is 17.2 Å². The minimum atomic E-state index is 0.506. The highest BCUT2D eigenvalue weighted by molar-refractivity contribution is 9.10. The van der Waals surface area contributed by atoms with Crippen LogP contribution in [0.15, 0.2) is 71.2 Å².